The summed E-state index contributed by atoms with van der Waals surface area (Å²) in [6.45, 7) is 0. The molecule has 0 bridgehead atoms. The van der Waals surface area contributed by atoms with Gasteiger partial charge in [0.1, 0.15) is 5.69 Å². The van der Waals surface area contributed by atoms with Crippen LogP contribution < -0.4 is 0 Å². The Morgan fingerprint density at radius 1 is 1.00 bits per heavy atom. The third-order valence-corrected chi connectivity index (χ3v) is 2.96. The number of rotatable bonds is 3. The van der Waals surface area contributed by atoms with Gasteiger partial charge in [0, 0.05) is 5.02 Å². The van der Waals surface area contributed by atoms with Crippen molar-refractivity contribution >= 4 is 23.5 Å². The van der Waals surface area contributed by atoms with Crippen molar-refractivity contribution in [1.82, 2.24) is 15.0 Å². The summed E-state index contributed by atoms with van der Waals surface area (Å²) in [6.07, 6.45) is 3.50. The van der Waals surface area contributed by atoms with Gasteiger partial charge in [-0.3, -0.25) is 4.99 Å². The Labute approximate surface area is 121 Å². The topological polar surface area (TPSA) is 43.1 Å². The van der Waals surface area contributed by atoms with Crippen LogP contribution >= 0.6 is 11.6 Å². The van der Waals surface area contributed by atoms with Crippen LogP contribution in [0.1, 0.15) is 5.69 Å². The van der Waals surface area contributed by atoms with Gasteiger partial charge in [0.2, 0.25) is 0 Å². The highest BCUT2D eigenvalue weighted by Gasteiger charge is 2.00. The maximum Gasteiger partial charge on any atom is 0.124 e. The van der Waals surface area contributed by atoms with E-state index >= 15 is 0 Å². The minimum absolute atomic E-state index is 0.694. The Morgan fingerprint density at radius 2 is 1.75 bits per heavy atom. The second kappa shape index (κ2) is 5.67. The zero-order valence-electron chi connectivity index (χ0n) is 10.5. The number of para-hydroxylation sites is 1. The Morgan fingerprint density at radius 3 is 2.50 bits per heavy atom. The maximum atomic E-state index is 5.86. The minimum Gasteiger partial charge on any atom is -0.255 e. The normalized spacial score (nSPS) is 11.1. The molecule has 0 saturated heterocycles. The number of hydrogen-bond donors (Lipinski definition) is 0. The van der Waals surface area contributed by atoms with Crippen LogP contribution in [0.3, 0.4) is 0 Å². The van der Waals surface area contributed by atoms with Gasteiger partial charge in [0.05, 0.1) is 23.8 Å². The smallest absolute Gasteiger partial charge is 0.124 e. The summed E-state index contributed by atoms with van der Waals surface area (Å²) in [5.74, 6) is 0. The van der Waals surface area contributed by atoms with Crippen LogP contribution in [0.15, 0.2) is 65.8 Å². The number of halogens is 1. The highest BCUT2D eigenvalue weighted by molar-refractivity contribution is 6.30. The standard InChI is InChI=1S/C15H11ClN4/c16-12-6-8-15(9-7-12)20-11-14(18-19-20)10-17-13-4-2-1-3-5-13/h1-11H. The summed E-state index contributed by atoms with van der Waals surface area (Å²) in [4.78, 5) is 4.34. The molecule has 0 saturated carbocycles. The van der Waals surface area contributed by atoms with Gasteiger partial charge in [-0.05, 0) is 36.4 Å². The average molecular weight is 283 g/mol. The molecule has 3 rings (SSSR count). The van der Waals surface area contributed by atoms with Gasteiger partial charge in [-0.15, -0.1) is 5.10 Å². The fourth-order valence-electron chi connectivity index (χ4n) is 1.71. The summed E-state index contributed by atoms with van der Waals surface area (Å²) < 4.78 is 1.68. The second-order valence-electron chi connectivity index (χ2n) is 4.16. The molecule has 5 heteroatoms. The fourth-order valence-corrected chi connectivity index (χ4v) is 1.84. The molecule has 2 aromatic carbocycles. The Hall–Kier alpha value is -2.46. The van der Waals surface area contributed by atoms with Crippen molar-refractivity contribution in [2.75, 3.05) is 0 Å². The molecule has 0 spiro atoms. The van der Waals surface area contributed by atoms with Crippen LogP contribution in [0, 0.1) is 0 Å². The SMILES string of the molecule is Clc1ccc(-n2cc(C=Nc3ccccc3)nn2)cc1. The molecule has 3 aromatic rings. The molecular weight excluding hydrogens is 272 g/mol. The number of hydrogen-bond acceptors (Lipinski definition) is 3. The predicted octanol–water partition coefficient (Wildman–Crippen LogP) is 3.67. The Kier molecular flexibility index (Phi) is 3.56. The lowest BCUT2D eigenvalue weighted by Crippen LogP contribution is -1.93. The molecule has 0 unspecified atom stereocenters. The van der Waals surface area contributed by atoms with Crippen LogP contribution in [0.2, 0.25) is 5.02 Å². The molecule has 1 heterocycles. The number of benzene rings is 2. The van der Waals surface area contributed by atoms with E-state index in [9.17, 15) is 0 Å². The Balaban J connectivity index is 1.80. The van der Waals surface area contributed by atoms with Crippen LogP contribution in [0.4, 0.5) is 5.69 Å². The molecule has 98 valence electrons. The molecule has 0 fully saturated rings. The molecule has 4 nitrogen and oxygen atoms in total. The highest BCUT2D eigenvalue weighted by Crippen LogP contribution is 2.13. The Bertz CT molecular complexity index is 717. The van der Waals surface area contributed by atoms with E-state index in [4.69, 9.17) is 11.6 Å². The molecule has 0 aliphatic rings. The lowest BCUT2D eigenvalue weighted by atomic mass is 10.3. The van der Waals surface area contributed by atoms with Gasteiger partial charge in [0.15, 0.2) is 0 Å². The molecule has 0 aliphatic heterocycles. The second-order valence-corrected chi connectivity index (χ2v) is 4.59. The maximum absolute atomic E-state index is 5.86. The first-order valence-corrected chi connectivity index (χ1v) is 6.46. The zero-order valence-corrected chi connectivity index (χ0v) is 11.3. The highest BCUT2D eigenvalue weighted by atomic mass is 35.5. The summed E-state index contributed by atoms with van der Waals surface area (Å²) in [5.41, 5.74) is 2.48. The third kappa shape index (κ3) is 2.92. The van der Waals surface area contributed by atoms with Crippen LogP contribution in [-0.2, 0) is 0 Å². The largest absolute Gasteiger partial charge is 0.255 e. The number of aliphatic imine (C=N–C) groups is 1. The number of aromatic nitrogens is 3. The summed E-state index contributed by atoms with van der Waals surface area (Å²) >= 11 is 5.86. The summed E-state index contributed by atoms with van der Waals surface area (Å²) in [5, 5.41) is 8.82. The first-order chi connectivity index (χ1) is 9.81. The molecule has 0 aliphatic carbocycles. The van der Waals surface area contributed by atoms with E-state index in [0.717, 1.165) is 11.4 Å². The first-order valence-electron chi connectivity index (χ1n) is 6.09. The molecule has 0 atom stereocenters. The van der Waals surface area contributed by atoms with Gasteiger partial charge >= 0.3 is 0 Å². The molecule has 0 radical (unpaired) electrons. The molecule has 1 aromatic heterocycles. The molecular formula is C15H11ClN4. The lowest BCUT2D eigenvalue weighted by Gasteiger charge is -1.98. The van der Waals surface area contributed by atoms with Gasteiger partial charge in [-0.25, -0.2) is 4.68 Å². The van der Waals surface area contributed by atoms with Crippen molar-refractivity contribution in [3.8, 4) is 5.69 Å². The van der Waals surface area contributed by atoms with E-state index in [2.05, 4.69) is 15.3 Å². The van der Waals surface area contributed by atoms with Gasteiger partial charge in [-0.2, -0.15) is 0 Å². The van der Waals surface area contributed by atoms with Crippen molar-refractivity contribution in [2.45, 2.75) is 0 Å². The third-order valence-electron chi connectivity index (χ3n) is 2.70. The van der Waals surface area contributed by atoms with Crippen LogP contribution in [0.5, 0.6) is 0 Å². The van der Waals surface area contributed by atoms with E-state index in [1.807, 2.05) is 60.8 Å². The van der Waals surface area contributed by atoms with Gasteiger partial charge < -0.3 is 0 Å². The molecule has 0 amide bonds. The van der Waals surface area contributed by atoms with E-state index in [0.29, 0.717) is 10.7 Å². The monoisotopic (exact) mass is 282 g/mol. The van der Waals surface area contributed by atoms with Crippen molar-refractivity contribution in [3.05, 3.63) is 71.5 Å². The van der Waals surface area contributed by atoms with E-state index in [1.54, 1.807) is 10.9 Å². The van der Waals surface area contributed by atoms with Crippen molar-refractivity contribution in [3.63, 3.8) is 0 Å². The predicted molar refractivity (Wildman–Crippen MR) is 80.1 cm³/mol. The van der Waals surface area contributed by atoms with E-state index in [1.165, 1.54) is 0 Å². The van der Waals surface area contributed by atoms with E-state index in [-0.39, 0.29) is 0 Å². The zero-order chi connectivity index (χ0) is 13.8. The first kappa shape index (κ1) is 12.6. The van der Waals surface area contributed by atoms with Crippen molar-refractivity contribution in [1.29, 1.82) is 0 Å². The van der Waals surface area contributed by atoms with Crippen LogP contribution in [-0.4, -0.2) is 21.2 Å². The summed E-state index contributed by atoms with van der Waals surface area (Å²) in [7, 11) is 0. The fraction of sp³-hybridized carbons (Fsp3) is 0. The average Bonchev–Trinajstić information content (AvgIpc) is 2.96. The number of nitrogens with zero attached hydrogens (tertiary/aromatic N) is 4. The van der Waals surface area contributed by atoms with Gasteiger partial charge in [0.25, 0.3) is 0 Å². The van der Waals surface area contributed by atoms with Crippen molar-refractivity contribution in [2.24, 2.45) is 4.99 Å². The summed E-state index contributed by atoms with van der Waals surface area (Å²) in [6, 6.07) is 17.1. The molecule has 0 N–H and O–H groups in total. The minimum atomic E-state index is 0.694. The quantitative estimate of drug-likeness (QED) is 0.688. The lowest BCUT2D eigenvalue weighted by molar-refractivity contribution is 0.803. The molecule has 20 heavy (non-hydrogen) atoms. The van der Waals surface area contributed by atoms with Crippen molar-refractivity contribution < 1.29 is 0 Å². The van der Waals surface area contributed by atoms with Gasteiger partial charge in [-0.1, -0.05) is 35.0 Å². The van der Waals surface area contributed by atoms with Crippen LogP contribution in [0.25, 0.3) is 5.69 Å². The van der Waals surface area contributed by atoms with E-state index < -0.39 is 0 Å².